The lowest BCUT2D eigenvalue weighted by Gasteiger charge is -2.21. The molecule has 0 bridgehead atoms. The van der Waals surface area contributed by atoms with Gasteiger partial charge in [-0.25, -0.2) is 4.98 Å². The van der Waals surface area contributed by atoms with Crippen LogP contribution in [0.2, 0.25) is 0 Å². The number of carbonyl (C=O) groups is 1. The van der Waals surface area contributed by atoms with Crippen molar-refractivity contribution >= 4 is 17.3 Å². The summed E-state index contributed by atoms with van der Waals surface area (Å²) in [6, 6.07) is 8.04. The number of rotatable bonds is 7. The van der Waals surface area contributed by atoms with Gasteiger partial charge in [-0.05, 0) is 49.2 Å². The molecule has 0 atom stereocenters. The summed E-state index contributed by atoms with van der Waals surface area (Å²) in [7, 11) is 0. The minimum absolute atomic E-state index is 0.116. The molecule has 0 aliphatic carbocycles. The Balaban J connectivity index is 2.06. The number of nitrogens with zero attached hydrogens (tertiary/aromatic N) is 2. The first kappa shape index (κ1) is 19.8. The molecule has 0 spiro atoms. The first-order chi connectivity index (χ1) is 12.3. The fourth-order valence-corrected chi connectivity index (χ4v) is 2.52. The van der Waals surface area contributed by atoms with Crippen molar-refractivity contribution in [3.63, 3.8) is 0 Å². The molecule has 0 saturated heterocycles. The molecule has 1 N–H and O–H groups in total. The molecule has 0 aliphatic heterocycles. The third-order valence-electron chi connectivity index (χ3n) is 3.76. The van der Waals surface area contributed by atoms with Gasteiger partial charge in [0.25, 0.3) is 5.91 Å². The monoisotopic (exact) mass is 365 g/mol. The molecular formula is C19H22F3N3O. The molecule has 0 unspecified atom stereocenters. The van der Waals surface area contributed by atoms with E-state index in [1.165, 1.54) is 18.3 Å². The quantitative estimate of drug-likeness (QED) is 0.742. The van der Waals surface area contributed by atoms with E-state index in [4.69, 9.17) is 0 Å². The maximum absolute atomic E-state index is 12.6. The maximum atomic E-state index is 12.6. The van der Waals surface area contributed by atoms with Crippen molar-refractivity contribution < 1.29 is 18.0 Å². The summed E-state index contributed by atoms with van der Waals surface area (Å²) in [5.41, 5.74) is 0.759. The Morgan fingerprint density at radius 1 is 1.00 bits per heavy atom. The third kappa shape index (κ3) is 5.21. The summed E-state index contributed by atoms with van der Waals surface area (Å²) in [5.74, 6) is -0.116. The molecule has 0 saturated carbocycles. The van der Waals surface area contributed by atoms with Crippen molar-refractivity contribution in [3.8, 4) is 0 Å². The summed E-state index contributed by atoms with van der Waals surface area (Å²) in [6.07, 6.45) is -1.11. The fourth-order valence-electron chi connectivity index (χ4n) is 2.52. The number of benzene rings is 1. The Morgan fingerprint density at radius 3 is 2.04 bits per heavy atom. The fraction of sp³-hybridized carbons (Fsp3) is 0.368. The van der Waals surface area contributed by atoms with E-state index in [9.17, 15) is 18.0 Å². The number of aromatic nitrogens is 1. The van der Waals surface area contributed by atoms with Crippen LogP contribution >= 0.6 is 0 Å². The Morgan fingerprint density at radius 2 is 1.58 bits per heavy atom. The molecule has 2 rings (SSSR count). The first-order valence-corrected chi connectivity index (χ1v) is 8.54. The molecule has 0 aliphatic rings. The van der Waals surface area contributed by atoms with Gasteiger partial charge < -0.3 is 10.2 Å². The second kappa shape index (κ2) is 8.69. The number of pyridine rings is 1. The average molecular weight is 365 g/mol. The largest absolute Gasteiger partial charge is 0.416 e. The number of amides is 1. The van der Waals surface area contributed by atoms with Crippen LogP contribution in [0.4, 0.5) is 24.5 Å². The van der Waals surface area contributed by atoms with Crippen LogP contribution in [-0.4, -0.2) is 28.9 Å². The van der Waals surface area contributed by atoms with Gasteiger partial charge >= 0.3 is 6.18 Å². The van der Waals surface area contributed by atoms with Crippen LogP contribution in [0.15, 0.2) is 42.6 Å². The predicted molar refractivity (Wildman–Crippen MR) is 95.4 cm³/mol. The molecule has 26 heavy (non-hydrogen) atoms. The molecule has 1 aromatic carbocycles. The molecule has 1 amide bonds. The third-order valence-corrected chi connectivity index (χ3v) is 3.76. The Hall–Kier alpha value is -2.57. The summed E-state index contributed by atoms with van der Waals surface area (Å²) in [6.45, 7) is 5.39. The van der Waals surface area contributed by atoms with E-state index in [0.29, 0.717) is 30.2 Å². The highest BCUT2D eigenvalue weighted by Gasteiger charge is 2.29. The van der Waals surface area contributed by atoms with Crippen molar-refractivity contribution in [3.05, 3.63) is 53.9 Å². The van der Waals surface area contributed by atoms with E-state index in [1.807, 2.05) is 13.8 Å². The van der Waals surface area contributed by atoms with Gasteiger partial charge in [-0.1, -0.05) is 13.8 Å². The predicted octanol–water partition coefficient (Wildman–Crippen LogP) is 5.11. The van der Waals surface area contributed by atoms with E-state index in [-0.39, 0.29) is 5.91 Å². The zero-order valence-corrected chi connectivity index (χ0v) is 14.8. The second-order valence-electron chi connectivity index (χ2n) is 5.92. The van der Waals surface area contributed by atoms with Gasteiger partial charge in [-0.3, -0.25) is 4.79 Å². The standard InChI is InChI=1S/C19H22F3N3O/c1-3-11-25(12-4-2)18(26)17-10-9-16(13-23-17)24-15-7-5-14(6-8-15)19(20,21)22/h5-10,13,24H,3-4,11-12H2,1-2H3. The van der Waals surface area contributed by atoms with Gasteiger partial charge in [0.2, 0.25) is 0 Å². The van der Waals surface area contributed by atoms with E-state index in [1.54, 1.807) is 17.0 Å². The van der Waals surface area contributed by atoms with Gasteiger partial charge in [0.15, 0.2) is 0 Å². The number of halogens is 3. The average Bonchev–Trinajstić information content (AvgIpc) is 2.61. The Kier molecular flexibility index (Phi) is 6.60. The minimum Gasteiger partial charge on any atom is -0.354 e. The van der Waals surface area contributed by atoms with Crippen LogP contribution in [-0.2, 0) is 6.18 Å². The number of hydrogen-bond donors (Lipinski definition) is 1. The van der Waals surface area contributed by atoms with E-state index in [0.717, 1.165) is 25.0 Å². The number of anilines is 2. The lowest BCUT2D eigenvalue weighted by atomic mass is 10.2. The van der Waals surface area contributed by atoms with E-state index in [2.05, 4.69) is 10.3 Å². The van der Waals surface area contributed by atoms with Crippen LogP contribution in [0.25, 0.3) is 0 Å². The highest BCUT2D eigenvalue weighted by atomic mass is 19.4. The normalized spacial score (nSPS) is 11.3. The lowest BCUT2D eigenvalue weighted by Crippen LogP contribution is -2.33. The summed E-state index contributed by atoms with van der Waals surface area (Å²) in [5, 5.41) is 2.97. The van der Waals surface area contributed by atoms with Crippen molar-refractivity contribution in [2.24, 2.45) is 0 Å². The molecule has 0 fully saturated rings. The molecule has 0 radical (unpaired) electrons. The number of nitrogens with one attached hydrogen (secondary N) is 1. The summed E-state index contributed by atoms with van der Waals surface area (Å²) in [4.78, 5) is 18.4. The zero-order chi connectivity index (χ0) is 19.2. The van der Waals surface area contributed by atoms with Gasteiger partial charge in [0.05, 0.1) is 17.4 Å². The topological polar surface area (TPSA) is 45.2 Å². The molecule has 7 heteroatoms. The second-order valence-corrected chi connectivity index (χ2v) is 5.92. The van der Waals surface area contributed by atoms with E-state index < -0.39 is 11.7 Å². The first-order valence-electron chi connectivity index (χ1n) is 8.54. The number of hydrogen-bond acceptors (Lipinski definition) is 3. The molecule has 140 valence electrons. The molecule has 2 aromatic rings. The van der Waals surface area contributed by atoms with Gasteiger partial charge in [-0.2, -0.15) is 13.2 Å². The van der Waals surface area contributed by atoms with Crippen molar-refractivity contribution in [2.75, 3.05) is 18.4 Å². The van der Waals surface area contributed by atoms with Crippen LogP contribution in [0.3, 0.4) is 0 Å². The maximum Gasteiger partial charge on any atom is 0.416 e. The van der Waals surface area contributed by atoms with Crippen LogP contribution in [0.5, 0.6) is 0 Å². The number of carbonyl (C=O) groups excluding carboxylic acids is 1. The zero-order valence-electron chi connectivity index (χ0n) is 14.8. The smallest absolute Gasteiger partial charge is 0.354 e. The lowest BCUT2D eigenvalue weighted by molar-refractivity contribution is -0.137. The molecule has 4 nitrogen and oxygen atoms in total. The summed E-state index contributed by atoms with van der Waals surface area (Å²) >= 11 is 0. The summed E-state index contributed by atoms with van der Waals surface area (Å²) < 4.78 is 37.7. The highest BCUT2D eigenvalue weighted by molar-refractivity contribution is 5.92. The van der Waals surface area contributed by atoms with Crippen molar-refractivity contribution in [1.29, 1.82) is 0 Å². The highest BCUT2D eigenvalue weighted by Crippen LogP contribution is 2.30. The SMILES string of the molecule is CCCN(CCC)C(=O)c1ccc(Nc2ccc(C(F)(F)F)cc2)cn1. The molecule has 1 heterocycles. The van der Waals surface area contributed by atoms with Gasteiger partial charge in [0.1, 0.15) is 5.69 Å². The van der Waals surface area contributed by atoms with Crippen LogP contribution < -0.4 is 5.32 Å². The van der Waals surface area contributed by atoms with Gasteiger partial charge in [0, 0.05) is 18.8 Å². The molecule has 1 aromatic heterocycles. The minimum atomic E-state index is -4.36. The van der Waals surface area contributed by atoms with Crippen LogP contribution in [0.1, 0.15) is 42.7 Å². The van der Waals surface area contributed by atoms with Crippen LogP contribution in [0, 0.1) is 0 Å². The Bertz CT molecular complexity index is 706. The van der Waals surface area contributed by atoms with Gasteiger partial charge in [-0.15, -0.1) is 0 Å². The van der Waals surface area contributed by atoms with E-state index >= 15 is 0 Å². The van der Waals surface area contributed by atoms with Crippen molar-refractivity contribution in [1.82, 2.24) is 9.88 Å². The van der Waals surface area contributed by atoms with Crippen molar-refractivity contribution in [2.45, 2.75) is 32.9 Å². The molecular weight excluding hydrogens is 343 g/mol. The number of alkyl halides is 3. The Labute approximate surface area is 151 Å².